The van der Waals surface area contributed by atoms with Gasteiger partial charge in [0.15, 0.2) is 5.15 Å². The van der Waals surface area contributed by atoms with Crippen molar-refractivity contribution in [2.24, 2.45) is 0 Å². The maximum atomic E-state index is 6.09. The van der Waals surface area contributed by atoms with Crippen LogP contribution in [0.15, 0.2) is 6.07 Å². The molecule has 0 saturated carbocycles. The number of aromatic nitrogens is 1. The Morgan fingerprint density at radius 2 is 2.31 bits per heavy atom. The predicted octanol–water partition coefficient (Wildman–Crippen LogP) is 4.00. The highest BCUT2D eigenvalue weighted by molar-refractivity contribution is 7.99. The van der Waals surface area contributed by atoms with Gasteiger partial charge >= 0.3 is 0 Å². The molecule has 2 nitrogen and oxygen atoms in total. The Balaban J connectivity index is 2.14. The molecule has 0 radical (unpaired) electrons. The summed E-state index contributed by atoms with van der Waals surface area (Å²) in [6.45, 7) is 2.00. The van der Waals surface area contributed by atoms with Crippen molar-refractivity contribution in [3.8, 4) is 0 Å². The lowest BCUT2D eigenvalue weighted by molar-refractivity contribution is 0.684. The fourth-order valence-electron chi connectivity index (χ4n) is 1.83. The lowest BCUT2D eigenvalue weighted by Crippen LogP contribution is -2.26. The smallest absolute Gasteiger partial charge is 0.154 e. The quantitative estimate of drug-likeness (QED) is 0.827. The summed E-state index contributed by atoms with van der Waals surface area (Å²) < 4.78 is 0. The van der Waals surface area contributed by atoms with Crippen molar-refractivity contribution in [1.29, 1.82) is 0 Å². The van der Waals surface area contributed by atoms with E-state index in [-0.39, 0.29) is 0 Å². The molecule has 1 aromatic heterocycles. The van der Waals surface area contributed by atoms with E-state index in [4.69, 9.17) is 23.2 Å². The zero-order chi connectivity index (χ0) is 11.5. The maximum absolute atomic E-state index is 6.09. The number of halogens is 2. The molecule has 1 fully saturated rings. The molecule has 0 aliphatic carbocycles. The first-order valence-corrected chi connectivity index (χ1v) is 7.25. The summed E-state index contributed by atoms with van der Waals surface area (Å²) in [6.07, 6.45) is 2.46. The molecule has 1 aliphatic heterocycles. The molecule has 1 N–H and O–H groups in total. The van der Waals surface area contributed by atoms with Gasteiger partial charge < -0.3 is 5.32 Å². The summed E-state index contributed by atoms with van der Waals surface area (Å²) in [7, 11) is 0. The number of aryl methyl sites for hydroxylation is 1. The van der Waals surface area contributed by atoms with E-state index < -0.39 is 0 Å². The van der Waals surface area contributed by atoms with E-state index in [1.807, 2.05) is 24.8 Å². The van der Waals surface area contributed by atoms with Gasteiger partial charge in [-0.2, -0.15) is 11.8 Å². The zero-order valence-electron chi connectivity index (χ0n) is 9.09. The van der Waals surface area contributed by atoms with Crippen LogP contribution in [0.25, 0.3) is 0 Å². The van der Waals surface area contributed by atoms with E-state index in [2.05, 4.69) is 10.3 Å². The Morgan fingerprint density at radius 3 is 2.94 bits per heavy atom. The fourth-order valence-corrected chi connectivity index (χ4v) is 3.49. The minimum Gasteiger partial charge on any atom is -0.379 e. The highest BCUT2D eigenvalue weighted by Gasteiger charge is 2.16. The number of thioether (sulfide) groups is 1. The monoisotopic (exact) mass is 276 g/mol. The second-order valence-electron chi connectivity index (χ2n) is 3.99. The number of nitrogens with zero attached hydrogens (tertiary/aromatic N) is 1. The van der Waals surface area contributed by atoms with E-state index in [1.165, 1.54) is 18.6 Å². The summed E-state index contributed by atoms with van der Waals surface area (Å²) in [6, 6.07) is 2.34. The summed E-state index contributed by atoms with van der Waals surface area (Å²) in [5, 5.41) is 4.39. The molecule has 88 valence electrons. The molecule has 0 bridgehead atoms. The number of nitrogens with one attached hydrogen (secondary N) is 1. The Morgan fingerprint density at radius 1 is 1.50 bits per heavy atom. The lowest BCUT2D eigenvalue weighted by Gasteiger charge is -2.24. The van der Waals surface area contributed by atoms with Crippen molar-refractivity contribution in [2.45, 2.75) is 25.8 Å². The largest absolute Gasteiger partial charge is 0.379 e. The molecule has 2 heterocycles. The molecule has 0 amide bonds. The second kappa shape index (κ2) is 5.48. The normalized spacial score (nSPS) is 20.8. The number of hydrogen-bond donors (Lipinski definition) is 1. The number of anilines is 1. The van der Waals surface area contributed by atoms with Crippen LogP contribution in [0.2, 0.25) is 10.3 Å². The van der Waals surface area contributed by atoms with Gasteiger partial charge in [-0.25, -0.2) is 4.98 Å². The summed E-state index contributed by atoms with van der Waals surface area (Å²) in [5.41, 5.74) is 1.99. The summed E-state index contributed by atoms with van der Waals surface area (Å²) >= 11 is 13.9. The van der Waals surface area contributed by atoms with Crippen LogP contribution in [0, 0.1) is 6.92 Å². The van der Waals surface area contributed by atoms with Crippen molar-refractivity contribution in [1.82, 2.24) is 4.98 Å². The van der Waals surface area contributed by atoms with Gasteiger partial charge in [0.1, 0.15) is 5.15 Å². The molecule has 1 aliphatic rings. The average Bonchev–Trinajstić information content (AvgIpc) is 2.25. The molecule has 16 heavy (non-hydrogen) atoms. The molecule has 1 atom stereocenters. The topological polar surface area (TPSA) is 24.9 Å². The SMILES string of the molecule is Cc1cc(Cl)nc(Cl)c1NC1CCCSC1. The molecular weight excluding hydrogens is 263 g/mol. The van der Waals surface area contributed by atoms with Crippen LogP contribution in [0.3, 0.4) is 0 Å². The fraction of sp³-hybridized carbons (Fsp3) is 0.545. The van der Waals surface area contributed by atoms with E-state index in [9.17, 15) is 0 Å². The minimum atomic E-state index is 0.450. The number of rotatable bonds is 2. The molecule has 2 rings (SSSR count). The molecule has 0 aromatic carbocycles. The molecule has 0 spiro atoms. The first-order valence-electron chi connectivity index (χ1n) is 5.34. The van der Waals surface area contributed by atoms with Crippen LogP contribution >= 0.6 is 35.0 Å². The first-order chi connectivity index (χ1) is 7.66. The Bertz CT molecular complexity index is 355. The van der Waals surface area contributed by atoms with Gasteiger partial charge in [0.2, 0.25) is 0 Å². The van der Waals surface area contributed by atoms with E-state index in [1.54, 1.807) is 0 Å². The third-order valence-corrected chi connectivity index (χ3v) is 4.33. The average molecular weight is 277 g/mol. The van der Waals surface area contributed by atoms with Crippen molar-refractivity contribution < 1.29 is 0 Å². The van der Waals surface area contributed by atoms with E-state index in [0.29, 0.717) is 16.3 Å². The third kappa shape index (κ3) is 2.96. The Hall–Kier alpha value is -0.120. The van der Waals surface area contributed by atoms with Gasteiger partial charge in [0.05, 0.1) is 5.69 Å². The summed E-state index contributed by atoms with van der Waals surface area (Å²) in [4.78, 5) is 4.06. The lowest BCUT2D eigenvalue weighted by atomic mass is 10.1. The molecular formula is C11H14Cl2N2S. The molecule has 1 saturated heterocycles. The third-order valence-electron chi connectivity index (χ3n) is 2.65. The Kier molecular flexibility index (Phi) is 4.22. The van der Waals surface area contributed by atoms with Crippen LogP contribution < -0.4 is 5.32 Å². The Labute approximate surface area is 110 Å². The number of pyridine rings is 1. The molecule has 1 unspecified atom stereocenters. The molecule has 5 heteroatoms. The van der Waals surface area contributed by atoms with Gasteiger partial charge in [0, 0.05) is 11.8 Å². The van der Waals surface area contributed by atoms with Crippen molar-refractivity contribution in [3.05, 3.63) is 21.9 Å². The second-order valence-corrected chi connectivity index (χ2v) is 5.88. The summed E-state index contributed by atoms with van der Waals surface area (Å²) in [5.74, 6) is 2.40. The first kappa shape index (κ1) is 12.3. The van der Waals surface area contributed by atoms with Gasteiger partial charge in [-0.15, -0.1) is 0 Å². The van der Waals surface area contributed by atoms with Gasteiger partial charge in [-0.05, 0) is 37.1 Å². The zero-order valence-corrected chi connectivity index (χ0v) is 11.4. The van der Waals surface area contributed by atoms with Crippen molar-refractivity contribution >= 4 is 40.7 Å². The minimum absolute atomic E-state index is 0.450. The number of hydrogen-bond acceptors (Lipinski definition) is 3. The van der Waals surface area contributed by atoms with Gasteiger partial charge in [0.25, 0.3) is 0 Å². The highest BCUT2D eigenvalue weighted by Crippen LogP contribution is 2.29. The van der Waals surface area contributed by atoms with Crippen molar-refractivity contribution in [2.75, 3.05) is 16.8 Å². The van der Waals surface area contributed by atoms with Crippen LogP contribution in [-0.2, 0) is 0 Å². The highest BCUT2D eigenvalue weighted by atomic mass is 35.5. The van der Waals surface area contributed by atoms with E-state index >= 15 is 0 Å². The standard InChI is InChI=1S/C11H14Cl2N2S/c1-7-5-9(12)15-11(13)10(7)14-8-3-2-4-16-6-8/h5,8,14H,2-4,6H2,1H3. The molecule has 1 aromatic rings. The van der Waals surface area contributed by atoms with Crippen molar-refractivity contribution in [3.63, 3.8) is 0 Å². The van der Waals surface area contributed by atoms with E-state index in [0.717, 1.165) is 17.0 Å². The van der Waals surface area contributed by atoms with Crippen LogP contribution in [-0.4, -0.2) is 22.5 Å². The predicted molar refractivity (Wildman–Crippen MR) is 73.0 cm³/mol. The van der Waals surface area contributed by atoms with Crippen LogP contribution in [0.5, 0.6) is 0 Å². The maximum Gasteiger partial charge on any atom is 0.154 e. The van der Waals surface area contributed by atoms with Crippen LogP contribution in [0.1, 0.15) is 18.4 Å². The van der Waals surface area contributed by atoms with Gasteiger partial charge in [-0.1, -0.05) is 23.2 Å². The van der Waals surface area contributed by atoms with Crippen LogP contribution in [0.4, 0.5) is 5.69 Å². The van der Waals surface area contributed by atoms with Gasteiger partial charge in [-0.3, -0.25) is 0 Å².